The fraction of sp³-hybridized carbons (Fsp3) is 0.300. The maximum absolute atomic E-state index is 13.8. The largest absolute Gasteiger partial charge is 0.485 e. The number of alkyl halides is 3. The number of hydrogen-bond acceptors (Lipinski definition) is 4. The number of rotatable bonds is 4. The van der Waals surface area contributed by atoms with Crippen LogP contribution in [0, 0.1) is 5.82 Å². The van der Waals surface area contributed by atoms with Gasteiger partial charge in [0.05, 0.1) is 24.8 Å². The zero-order valence-corrected chi connectivity index (χ0v) is 15.3. The number of para-hydroxylation sites is 1. The molecule has 29 heavy (non-hydrogen) atoms. The molecule has 1 amide bonds. The molecule has 0 aromatic heterocycles. The quantitative estimate of drug-likeness (QED) is 0.569. The van der Waals surface area contributed by atoms with E-state index in [0.29, 0.717) is 0 Å². The van der Waals surface area contributed by atoms with Crippen LogP contribution in [0.2, 0.25) is 0 Å². The SMILES string of the molecule is COC(=O)[C@H]1C[C@@H](Oc2ccccc2F)CN1C(=O)c1ccccc1C(F)(F)F. The number of nitrogens with zero attached hydrogens (tertiary/aromatic N) is 1. The Kier molecular flexibility index (Phi) is 5.76. The normalized spacial score (nSPS) is 19.1. The minimum Gasteiger partial charge on any atom is -0.485 e. The molecular weight excluding hydrogens is 394 g/mol. The number of hydrogen-bond donors (Lipinski definition) is 0. The second-order valence-corrected chi connectivity index (χ2v) is 6.45. The number of ether oxygens (including phenoxy) is 2. The fourth-order valence-electron chi connectivity index (χ4n) is 3.26. The average Bonchev–Trinajstić information content (AvgIpc) is 3.12. The van der Waals surface area contributed by atoms with Crippen LogP contribution in [0.25, 0.3) is 0 Å². The summed E-state index contributed by atoms with van der Waals surface area (Å²) in [6.07, 6.45) is -5.57. The lowest BCUT2D eigenvalue weighted by molar-refractivity contribution is -0.145. The van der Waals surface area contributed by atoms with Gasteiger partial charge in [0.1, 0.15) is 12.1 Å². The monoisotopic (exact) mass is 411 g/mol. The average molecular weight is 411 g/mol. The summed E-state index contributed by atoms with van der Waals surface area (Å²) in [5, 5.41) is 0. The molecule has 0 N–H and O–H groups in total. The van der Waals surface area contributed by atoms with Crippen LogP contribution < -0.4 is 4.74 Å². The third-order valence-corrected chi connectivity index (χ3v) is 4.59. The molecule has 0 spiro atoms. The van der Waals surface area contributed by atoms with Gasteiger partial charge in [-0.3, -0.25) is 4.79 Å². The summed E-state index contributed by atoms with van der Waals surface area (Å²) in [7, 11) is 1.11. The standard InChI is InChI=1S/C20H17F4NO4/c1-28-19(27)16-10-12(29-17-9-5-4-8-15(17)21)11-25(16)18(26)13-6-2-3-7-14(13)20(22,23)24/h2-9,12,16H,10-11H2,1H3/t12-,16-/m1/s1. The van der Waals surface area contributed by atoms with Crippen LogP contribution in [0.4, 0.5) is 17.6 Å². The lowest BCUT2D eigenvalue weighted by atomic mass is 10.1. The van der Waals surface area contributed by atoms with Crippen molar-refractivity contribution in [1.82, 2.24) is 4.90 Å². The molecule has 1 heterocycles. The number of esters is 1. The number of methoxy groups -OCH3 is 1. The first-order valence-electron chi connectivity index (χ1n) is 8.68. The molecule has 0 unspecified atom stereocenters. The Balaban J connectivity index is 1.89. The Hall–Kier alpha value is -3.10. The summed E-state index contributed by atoms with van der Waals surface area (Å²) in [5.74, 6) is -2.48. The first-order chi connectivity index (χ1) is 13.7. The summed E-state index contributed by atoms with van der Waals surface area (Å²) in [6, 6.07) is 8.76. The third-order valence-electron chi connectivity index (χ3n) is 4.59. The van der Waals surface area contributed by atoms with Gasteiger partial charge in [0.2, 0.25) is 0 Å². The highest BCUT2D eigenvalue weighted by Gasteiger charge is 2.44. The summed E-state index contributed by atoms with van der Waals surface area (Å²) in [6.45, 7) is -0.195. The molecule has 0 saturated carbocycles. The van der Waals surface area contributed by atoms with E-state index in [0.717, 1.165) is 24.1 Å². The molecule has 2 atom stereocenters. The summed E-state index contributed by atoms with van der Waals surface area (Å²) >= 11 is 0. The van der Waals surface area contributed by atoms with Crippen molar-refractivity contribution in [3.05, 3.63) is 65.5 Å². The molecule has 1 fully saturated rings. The van der Waals surface area contributed by atoms with Crippen LogP contribution in [-0.2, 0) is 15.7 Å². The van der Waals surface area contributed by atoms with Gasteiger partial charge in [-0.25, -0.2) is 9.18 Å². The van der Waals surface area contributed by atoms with Crippen molar-refractivity contribution >= 4 is 11.9 Å². The maximum Gasteiger partial charge on any atom is 0.417 e. The van der Waals surface area contributed by atoms with Crippen LogP contribution >= 0.6 is 0 Å². The number of benzene rings is 2. The smallest absolute Gasteiger partial charge is 0.417 e. The van der Waals surface area contributed by atoms with E-state index in [1.165, 1.54) is 30.3 Å². The molecule has 5 nitrogen and oxygen atoms in total. The summed E-state index contributed by atoms with van der Waals surface area (Å²) < 4.78 is 64.0. The second-order valence-electron chi connectivity index (χ2n) is 6.45. The second kappa shape index (κ2) is 8.10. The zero-order valence-electron chi connectivity index (χ0n) is 15.3. The van der Waals surface area contributed by atoms with Crippen molar-refractivity contribution in [2.24, 2.45) is 0 Å². The van der Waals surface area contributed by atoms with Crippen molar-refractivity contribution in [3.8, 4) is 5.75 Å². The van der Waals surface area contributed by atoms with Crippen molar-refractivity contribution in [2.75, 3.05) is 13.7 Å². The molecule has 0 radical (unpaired) electrons. The maximum atomic E-state index is 13.8. The van der Waals surface area contributed by atoms with Gasteiger partial charge in [-0.05, 0) is 24.3 Å². The lowest BCUT2D eigenvalue weighted by Crippen LogP contribution is -2.42. The number of halogens is 4. The minimum absolute atomic E-state index is 0.0407. The molecule has 0 aliphatic carbocycles. The highest BCUT2D eigenvalue weighted by atomic mass is 19.4. The highest BCUT2D eigenvalue weighted by Crippen LogP contribution is 2.34. The van der Waals surface area contributed by atoms with E-state index in [-0.39, 0.29) is 18.7 Å². The van der Waals surface area contributed by atoms with E-state index in [1.54, 1.807) is 6.07 Å². The first-order valence-corrected chi connectivity index (χ1v) is 8.68. The number of carbonyl (C=O) groups excluding carboxylic acids is 2. The Labute approximate surface area is 163 Å². The number of amides is 1. The highest BCUT2D eigenvalue weighted by molar-refractivity contribution is 5.98. The van der Waals surface area contributed by atoms with Crippen LogP contribution in [0.3, 0.4) is 0 Å². The van der Waals surface area contributed by atoms with Gasteiger partial charge in [0.25, 0.3) is 5.91 Å². The fourth-order valence-corrected chi connectivity index (χ4v) is 3.26. The van der Waals surface area contributed by atoms with Gasteiger partial charge in [0.15, 0.2) is 11.6 Å². The Morgan fingerprint density at radius 1 is 1.07 bits per heavy atom. The van der Waals surface area contributed by atoms with Crippen molar-refractivity contribution < 1.29 is 36.6 Å². The molecule has 1 aliphatic heterocycles. The minimum atomic E-state index is -4.74. The molecule has 2 aromatic rings. The van der Waals surface area contributed by atoms with E-state index in [4.69, 9.17) is 4.74 Å². The molecule has 2 aromatic carbocycles. The predicted molar refractivity (Wildman–Crippen MR) is 93.7 cm³/mol. The lowest BCUT2D eigenvalue weighted by Gasteiger charge is -2.24. The molecule has 3 rings (SSSR count). The van der Waals surface area contributed by atoms with E-state index >= 15 is 0 Å². The Morgan fingerprint density at radius 2 is 1.72 bits per heavy atom. The predicted octanol–water partition coefficient (Wildman–Crippen LogP) is 3.68. The number of likely N-dealkylation sites (tertiary alicyclic amines) is 1. The van der Waals surface area contributed by atoms with Crippen molar-refractivity contribution in [2.45, 2.75) is 24.7 Å². The van der Waals surface area contributed by atoms with Crippen LogP contribution in [0.15, 0.2) is 48.5 Å². The van der Waals surface area contributed by atoms with Crippen molar-refractivity contribution in [1.29, 1.82) is 0 Å². The van der Waals surface area contributed by atoms with E-state index in [1.807, 2.05) is 0 Å². The summed E-state index contributed by atoms with van der Waals surface area (Å²) in [5.41, 5.74) is -1.69. The van der Waals surface area contributed by atoms with Crippen molar-refractivity contribution in [3.63, 3.8) is 0 Å². The van der Waals surface area contributed by atoms with Gasteiger partial charge < -0.3 is 14.4 Å². The molecule has 154 valence electrons. The molecule has 0 bridgehead atoms. The van der Waals surface area contributed by atoms with Gasteiger partial charge >= 0.3 is 12.1 Å². The third kappa shape index (κ3) is 4.33. The van der Waals surface area contributed by atoms with Crippen LogP contribution in [0.5, 0.6) is 5.75 Å². The van der Waals surface area contributed by atoms with Gasteiger partial charge in [0, 0.05) is 6.42 Å². The molecule has 9 heteroatoms. The topological polar surface area (TPSA) is 55.8 Å². The van der Waals surface area contributed by atoms with E-state index in [2.05, 4.69) is 4.74 Å². The molecule has 1 saturated heterocycles. The van der Waals surface area contributed by atoms with Gasteiger partial charge in [-0.1, -0.05) is 24.3 Å². The Bertz CT molecular complexity index is 915. The first kappa shape index (κ1) is 20.6. The van der Waals surface area contributed by atoms with E-state index < -0.39 is 47.1 Å². The van der Waals surface area contributed by atoms with Gasteiger partial charge in [-0.2, -0.15) is 13.2 Å². The zero-order chi connectivity index (χ0) is 21.2. The molecular formula is C20H17F4NO4. The van der Waals surface area contributed by atoms with Crippen LogP contribution in [-0.4, -0.2) is 42.6 Å². The summed E-state index contributed by atoms with van der Waals surface area (Å²) in [4.78, 5) is 26.0. The molecule has 1 aliphatic rings. The van der Waals surface area contributed by atoms with E-state index in [9.17, 15) is 27.2 Å². The van der Waals surface area contributed by atoms with Crippen LogP contribution in [0.1, 0.15) is 22.3 Å². The number of carbonyl (C=O) groups is 2. The van der Waals surface area contributed by atoms with Gasteiger partial charge in [-0.15, -0.1) is 0 Å². The Morgan fingerprint density at radius 3 is 2.38 bits per heavy atom.